The zero-order chi connectivity index (χ0) is 18.8. The highest BCUT2D eigenvalue weighted by Crippen LogP contribution is 2.37. The van der Waals surface area contributed by atoms with Crippen LogP contribution in [0.3, 0.4) is 0 Å². The Morgan fingerprint density at radius 2 is 2.07 bits per heavy atom. The molecule has 4 heterocycles. The Kier molecular flexibility index (Phi) is 5.81. The van der Waals surface area contributed by atoms with Crippen LogP contribution in [0.15, 0.2) is 6.20 Å². The normalized spacial score (nSPS) is 31.4. The highest BCUT2D eigenvalue weighted by molar-refractivity contribution is 5.79. The van der Waals surface area contributed by atoms with Gasteiger partial charge in [-0.15, -0.1) is 5.10 Å². The van der Waals surface area contributed by atoms with E-state index in [4.69, 9.17) is 0 Å². The molecule has 0 radical (unpaired) electrons. The van der Waals surface area contributed by atoms with E-state index in [-0.39, 0.29) is 17.9 Å². The summed E-state index contributed by atoms with van der Waals surface area (Å²) in [5.74, 6) is 1.73. The monoisotopic (exact) mass is 373 g/mol. The molecule has 0 aromatic carbocycles. The average molecular weight is 374 g/mol. The predicted molar refractivity (Wildman–Crippen MR) is 105 cm³/mol. The van der Waals surface area contributed by atoms with E-state index in [1.807, 2.05) is 18.5 Å². The lowest BCUT2D eigenvalue weighted by molar-refractivity contribution is -0.133. The molecule has 3 aliphatic heterocycles. The van der Waals surface area contributed by atoms with E-state index in [0.717, 1.165) is 50.5 Å². The molecular formula is C21H35N5O. The number of carbonyl (C=O) groups excluding carboxylic acids is 1. The van der Waals surface area contributed by atoms with Crippen molar-refractivity contribution < 1.29 is 4.79 Å². The molecule has 6 nitrogen and oxygen atoms in total. The molecule has 1 amide bonds. The van der Waals surface area contributed by atoms with Gasteiger partial charge in [-0.1, -0.05) is 37.3 Å². The van der Waals surface area contributed by atoms with Gasteiger partial charge in [0, 0.05) is 24.8 Å². The summed E-state index contributed by atoms with van der Waals surface area (Å²) in [5, 5.41) is 12.0. The van der Waals surface area contributed by atoms with E-state index in [2.05, 4.69) is 26.7 Å². The second-order valence-electron chi connectivity index (χ2n) is 9.34. The van der Waals surface area contributed by atoms with Gasteiger partial charge in [0.25, 0.3) is 0 Å². The van der Waals surface area contributed by atoms with Gasteiger partial charge >= 0.3 is 0 Å². The summed E-state index contributed by atoms with van der Waals surface area (Å²) in [4.78, 5) is 15.0. The van der Waals surface area contributed by atoms with Crippen molar-refractivity contribution in [3.8, 4) is 0 Å². The van der Waals surface area contributed by atoms with Crippen molar-refractivity contribution in [2.75, 3.05) is 13.1 Å². The van der Waals surface area contributed by atoms with Crippen LogP contribution in [0.5, 0.6) is 0 Å². The van der Waals surface area contributed by atoms with Crippen LogP contribution >= 0.6 is 0 Å². The molecule has 27 heavy (non-hydrogen) atoms. The fourth-order valence-corrected chi connectivity index (χ4v) is 5.44. The smallest absolute Gasteiger partial charge is 0.224 e. The third-order valence-electron chi connectivity index (χ3n) is 6.85. The van der Waals surface area contributed by atoms with Crippen LogP contribution in [0.1, 0.15) is 64.5 Å². The van der Waals surface area contributed by atoms with Crippen LogP contribution in [-0.4, -0.2) is 51.0 Å². The number of fused-ring (bicyclic) bond motifs is 3. The lowest BCUT2D eigenvalue weighted by Crippen LogP contribution is -2.58. The minimum Gasteiger partial charge on any atom is -0.354 e. The molecule has 1 aliphatic carbocycles. The van der Waals surface area contributed by atoms with Crippen LogP contribution in [0.25, 0.3) is 0 Å². The lowest BCUT2D eigenvalue weighted by Gasteiger charge is -2.49. The summed E-state index contributed by atoms with van der Waals surface area (Å²) in [6, 6.07) is 0.720. The molecule has 1 aromatic rings. The van der Waals surface area contributed by atoms with Crippen molar-refractivity contribution in [3.05, 3.63) is 11.9 Å². The summed E-state index contributed by atoms with van der Waals surface area (Å²) in [6.07, 6.45) is 12.4. The number of amides is 1. The van der Waals surface area contributed by atoms with E-state index in [9.17, 15) is 4.79 Å². The zero-order valence-corrected chi connectivity index (χ0v) is 16.9. The Balaban J connectivity index is 1.31. The Morgan fingerprint density at radius 3 is 2.78 bits per heavy atom. The van der Waals surface area contributed by atoms with Gasteiger partial charge in [0.15, 0.2) is 0 Å². The molecule has 3 saturated heterocycles. The molecule has 4 fully saturated rings. The predicted octanol–water partition coefficient (Wildman–Crippen LogP) is 2.64. The van der Waals surface area contributed by atoms with Crippen molar-refractivity contribution in [1.29, 1.82) is 0 Å². The SMILES string of the molecule is CC(C)NC(=O)[C@H]1CN2CC[C@H]1C[C@@H]2Cn1cc(CC2CCCCC2)nn1. The van der Waals surface area contributed by atoms with E-state index in [1.165, 1.54) is 32.1 Å². The minimum absolute atomic E-state index is 0.162. The highest BCUT2D eigenvalue weighted by Gasteiger charge is 2.43. The number of aromatic nitrogens is 3. The highest BCUT2D eigenvalue weighted by atomic mass is 16.2. The first-order valence-electron chi connectivity index (χ1n) is 11.0. The number of nitrogens with one attached hydrogen (secondary N) is 1. The first-order chi connectivity index (χ1) is 13.1. The number of piperidine rings is 3. The van der Waals surface area contributed by atoms with Gasteiger partial charge < -0.3 is 5.32 Å². The molecular weight excluding hydrogens is 338 g/mol. The van der Waals surface area contributed by atoms with Gasteiger partial charge in [-0.2, -0.15) is 0 Å². The molecule has 150 valence electrons. The fourth-order valence-electron chi connectivity index (χ4n) is 5.44. The second kappa shape index (κ2) is 8.29. The average Bonchev–Trinajstić information content (AvgIpc) is 3.09. The Labute approximate surface area is 163 Å². The Hall–Kier alpha value is -1.43. The maximum Gasteiger partial charge on any atom is 0.224 e. The largest absolute Gasteiger partial charge is 0.354 e. The van der Waals surface area contributed by atoms with Gasteiger partial charge in [0.1, 0.15) is 0 Å². The molecule has 6 heteroatoms. The molecule has 1 saturated carbocycles. The number of hydrogen-bond donors (Lipinski definition) is 1. The molecule has 1 aromatic heterocycles. The molecule has 4 aliphatic rings. The molecule has 0 spiro atoms. The Morgan fingerprint density at radius 1 is 1.26 bits per heavy atom. The topological polar surface area (TPSA) is 63.1 Å². The summed E-state index contributed by atoms with van der Waals surface area (Å²) >= 11 is 0. The first-order valence-corrected chi connectivity index (χ1v) is 11.0. The summed E-state index contributed by atoms with van der Waals surface area (Å²) in [6.45, 7) is 7.00. The maximum atomic E-state index is 12.5. The van der Waals surface area contributed by atoms with E-state index >= 15 is 0 Å². The van der Waals surface area contributed by atoms with Crippen LogP contribution in [0.2, 0.25) is 0 Å². The van der Waals surface area contributed by atoms with Gasteiger partial charge in [-0.25, -0.2) is 0 Å². The third-order valence-corrected chi connectivity index (χ3v) is 6.85. The summed E-state index contributed by atoms with van der Waals surface area (Å²) in [7, 11) is 0. The van der Waals surface area contributed by atoms with Gasteiger partial charge in [-0.05, 0) is 51.5 Å². The molecule has 2 bridgehead atoms. The van der Waals surface area contributed by atoms with Gasteiger partial charge in [-0.3, -0.25) is 14.4 Å². The van der Waals surface area contributed by atoms with E-state index < -0.39 is 0 Å². The van der Waals surface area contributed by atoms with Crippen molar-refractivity contribution >= 4 is 5.91 Å². The van der Waals surface area contributed by atoms with Crippen LogP contribution in [0, 0.1) is 17.8 Å². The summed E-state index contributed by atoms with van der Waals surface area (Å²) in [5.41, 5.74) is 1.16. The molecule has 1 N–H and O–H groups in total. The van der Waals surface area contributed by atoms with Crippen molar-refractivity contribution in [3.63, 3.8) is 0 Å². The third kappa shape index (κ3) is 4.53. The van der Waals surface area contributed by atoms with E-state index in [1.54, 1.807) is 0 Å². The minimum atomic E-state index is 0.162. The first kappa shape index (κ1) is 18.9. The van der Waals surface area contributed by atoms with Crippen molar-refractivity contribution in [2.45, 2.75) is 83.8 Å². The number of hydrogen-bond acceptors (Lipinski definition) is 4. The molecule has 4 atom stereocenters. The second-order valence-corrected chi connectivity index (χ2v) is 9.34. The van der Waals surface area contributed by atoms with Crippen LogP contribution in [-0.2, 0) is 17.8 Å². The van der Waals surface area contributed by atoms with Crippen molar-refractivity contribution in [2.24, 2.45) is 17.8 Å². The quantitative estimate of drug-likeness (QED) is 0.833. The van der Waals surface area contributed by atoms with Gasteiger partial charge in [0.05, 0.1) is 18.2 Å². The van der Waals surface area contributed by atoms with E-state index in [0.29, 0.717) is 12.0 Å². The van der Waals surface area contributed by atoms with Crippen LogP contribution < -0.4 is 5.32 Å². The number of carbonyl (C=O) groups is 1. The maximum absolute atomic E-state index is 12.5. The zero-order valence-electron chi connectivity index (χ0n) is 16.9. The molecule has 5 rings (SSSR count). The number of nitrogens with zero attached hydrogens (tertiary/aromatic N) is 4. The molecule has 1 unspecified atom stereocenters. The fraction of sp³-hybridized carbons (Fsp3) is 0.857. The van der Waals surface area contributed by atoms with Gasteiger partial charge in [0.2, 0.25) is 5.91 Å². The lowest BCUT2D eigenvalue weighted by atomic mass is 9.75. The number of rotatable bonds is 6. The summed E-state index contributed by atoms with van der Waals surface area (Å²) < 4.78 is 2.05. The standard InChI is InChI=1S/C21H35N5O/c1-15(2)22-21(27)20-14-25-9-8-17(20)11-19(25)13-26-12-18(23-24-26)10-16-6-4-3-5-7-16/h12,15-17,19-20H,3-11,13-14H2,1-2H3,(H,22,27)/t17-,19+,20-/m0/s1. The van der Waals surface area contributed by atoms with Crippen LogP contribution in [0.4, 0.5) is 0 Å². The Bertz CT molecular complexity index is 636. The van der Waals surface area contributed by atoms with Crippen molar-refractivity contribution in [1.82, 2.24) is 25.2 Å².